The van der Waals surface area contributed by atoms with E-state index in [9.17, 15) is 24.6 Å². The average Bonchev–Trinajstić information content (AvgIpc) is 3.34. The van der Waals surface area contributed by atoms with E-state index in [2.05, 4.69) is 20.6 Å². The summed E-state index contributed by atoms with van der Waals surface area (Å²) in [5.74, 6) is -2.25. The van der Waals surface area contributed by atoms with Gasteiger partial charge in [0.2, 0.25) is 11.7 Å². The molecule has 36 heavy (non-hydrogen) atoms. The maximum atomic E-state index is 13.4. The Morgan fingerprint density at radius 1 is 1.11 bits per heavy atom. The second-order valence-electron chi connectivity index (χ2n) is 7.64. The van der Waals surface area contributed by atoms with Crippen molar-refractivity contribution in [3.8, 4) is 22.2 Å². The number of aromatic amines is 1. The van der Waals surface area contributed by atoms with Crippen molar-refractivity contribution >= 4 is 28.9 Å². The molecule has 2 aromatic heterocycles. The lowest BCUT2D eigenvalue weighted by Crippen LogP contribution is -2.32. The summed E-state index contributed by atoms with van der Waals surface area (Å²) in [4.78, 5) is 43.4. The van der Waals surface area contributed by atoms with E-state index in [1.807, 2.05) is 54.6 Å². The summed E-state index contributed by atoms with van der Waals surface area (Å²) in [6.07, 6.45) is 0. The first-order valence-electron chi connectivity index (χ1n) is 10.7. The number of hydrogen-bond donors (Lipinski definition) is 5. The van der Waals surface area contributed by atoms with Gasteiger partial charge in [-0.1, -0.05) is 42.5 Å². The van der Waals surface area contributed by atoms with Crippen molar-refractivity contribution in [2.24, 2.45) is 0 Å². The summed E-state index contributed by atoms with van der Waals surface area (Å²) in [5, 5.41) is 26.7. The molecule has 0 radical (unpaired) electrons. The monoisotopic (exact) mass is 506 g/mol. The summed E-state index contributed by atoms with van der Waals surface area (Å²) in [6.45, 7) is 0.405. The van der Waals surface area contributed by atoms with Gasteiger partial charge in [0.05, 0.1) is 17.7 Å². The van der Waals surface area contributed by atoms with Crippen molar-refractivity contribution in [3.05, 3.63) is 93.2 Å². The molecule has 2 aromatic carbocycles. The van der Waals surface area contributed by atoms with E-state index >= 15 is 0 Å². The van der Waals surface area contributed by atoms with Crippen LogP contribution >= 0.6 is 11.3 Å². The number of anilines is 1. The van der Waals surface area contributed by atoms with Crippen LogP contribution in [0.25, 0.3) is 10.7 Å². The fourth-order valence-electron chi connectivity index (χ4n) is 3.49. The number of aromatic hydroxyl groups is 1. The van der Waals surface area contributed by atoms with Gasteiger partial charge < -0.3 is 25.3 Å². The maximum Gasteiger partial charge on any atom is 0.358 e. The Morgan fingerprint density at radius 2 is 1.83 bits per heavy atom. The molecule has 4 aromatic rings. The molecule has 1 unspecified atom stereocenters. The lowest BCUT2D eigenvalue weighted by atomic mass is 10.1. The highest BCUT2D eigenvalue weighted by Gasteiger charge is 2.24. The molecule has 11 heteroatoms. The molecule has 1 atom stereocenters. The van der Waals surface area contributed by atoms with E-state index in [1.165, 1.54) is 0 Å². The average molecular weight is 507 g/mol. The first-order chi connectivity index (χ1) is 17.4. The summed E-state index contributed by atoms with van der Waals surface area (Å²) in [5.41, 5.74) is 0.258. The molecule has 0 fully saturated rings. The van der Waals surface area contributed by atoms with Crippen molar-refractivity contribution in [3.63, 3.8) is 0 Å². The number of nitrogens with one attached hydrogen (secondary N) is 3. The summed E-state index contributed by atoms with van der Waals surface area (Å²) in [6, 6.07) is 17.6. The Balaban J connectivity index is 1.59. The van der Waals surface area contributed by atoms with Gasteiger partial charge in [-0.3, -0.25) is 14.9 Å². The number of carbonyl (C=O) groups excluding carboxylic acids is 1. The van der Waals surface area contributed by atoms with Crippen molar-refractivity contribution in [2.75, 3.05) is 12.4 Å². The molecule has 0 spiro atoms. The third kappa shape index (κ3) is 5.43. The summed E-state index contributed by atoms with van der Waals surface area (Å²) < 4.78 is 5.19. The van der Waals surface area contributed by atoms with Crippen molar-refractivity contribution in [1.29, 1.82) is 0 Å². The van der Waals surface area contributed by atoms with Gasteiger partial charge in [-0.2, -0.15) is 0 Å². The first-order valence-corrected chi connectivity index (χ1v) is 11.6. The molecule has 0 bridgehead atoms. The number of aromatic carboxylic acids is 1. The van der Waals surface area contributed by atoms with E-state index in [0.717, 1.165) is 28.2 Å². The Morgan fingerprint density at radius 3 is 2.50 bits per heavy atom. The summed E-state index contributed by atoms with van der Waals surface area (Å²) >= 11 is 1.15. The predicted molar refractivity (Wildman–Crippen MR) is 134 cm³/mol. The number of methoxy groups -OCH3 is 1. The highest BCUT2D eigenvalue weighted by Crippen LogP contribution is 2.32. The van der Waals surface area contributed by atoms with Gasteiger partial charge in [0.15, 0.2) is 11.5 Å². The smallest absolute Gasteiger partial charge is 0.358 e. The van der Waals surface area contributed by atoms with Crippen LogP contribution in [0, 0.1) is 0 Å². The number of thiophene rings is 1. The molecule has 2 heterocycles. The van der Waals surface area contributed by atoms with Gasteiger partial charge in [0, 0.05) is 6.54 Å². The van der Waals surface area contributed by atoms with Crippen molar-refractivity contribution < 1.29 is 24.5 Å². The number of amides is 1. The van der Waals surface area contributed by atoms with Gasteiger partial charge in [-0.25, -0.2) is 9.78 Å². The van der Waals surface area contributed by atoms with Crippen LogP contribution in [0.2, 0.25) is 0 Å². The molecular weight excluding hydrogens is 484 g/mol. The highest BCUT2D eigenvalue weighted by molar-refractivity contribution is 7.14. The van der Waals surface area contributed by atoms with Crippen LogP contribution in [0.1, 0.15) is 27.7 Å². The topological polar surface area (TPSA) is 154 Å². The number of rotatable bonds is 9. The number of aromatic nitrogens is 2. The lowest BCUT2D eigenvalue weighted by Gasteiger charge is -2.19. The Kier molecular flexibility index (Phi) is 7.42. The zero-order chi connectivity index (χ0) is 25.7. The number of benzene rings is 2. The van der Waals surface area contributed by atoms with Gasteiger partial charge in [-0.05, 0) is 34.7 Å². The van der Waals surface area contributed by atoms with Gasteiger partial charge in [0.25, 0.3) is 5.56 Å². The van der Waals surface area contributed by atoms with Crippen LogP contribution in [-0.4, -0.2) is 39.2 Å². The molecule has 10 nitrogen and oxygen atoms in total. The molecular formula is C25H22N4O6S. The molecule has 0 aliphatic heterocycles. The number of carbonyl (C=O) groups is 2. The number of hydrogen-bond acceptors (Lipinski definition) is 8. The second kappa shape index (κ2) is 10.8. The van der Waals surface area contributed by atoms with Crippen molar-refractivity contribution in [2.45, 2.75) is 12.6 Å². The zero-order valence-electron chi connectivity index (χ0n) is 19.0. The third-order valence-electron chi connectivity index (χ3n) is 5.30. The Hall–Kier alpha value is -4.48. The molecule has 0 aliphatic carbocycles. The third-order valence-corrected chi connectivity index (χ3v) is 6.22. The number of carboxylic acid groups (broad SMARTS) is 1. The Labute approximate surface area is 209 Å². The maximum absolute atomic E-state index is 13.4. The molecule has 1 amide bonds. The fraction of sp³-hybridized carbons (Fsp3) is 0.120. The summed E-state index contributed by atoms with van der Waals surface area (Å²) in [7, 11) is 1.59. The van der Waals surface area contributed by atoms with Crippen LogP contribution in [0.4, 0.5) is 5.69 Å². The molecule has 0 saturated carbocycles. The molecule has 184 valence electrons. The molecule has 5 N–H and O–H groups in total. The quantitative estimate of drug-likeness (QED) is 0.232. The van der Waals surface area contributed by atoms with E-state index in [4.69, 9.17) is 4.74 Å². The lowest BCUT2D eigenvalue weighted by molar-refractivity contribution is -0.118. The van der Waals surface area contributed by atoms with Crippen LogP contribution in [0.15, 0.2) is 70.8 Å². The predicted octanol–water partition coefficient (Wildman–Crippen LogP) is 3.38. The molecule has 0 saturated heterocycles. The SMILES string of the molecule is COc1ccc(CNC(C(=O)Nc2ccsc2-c2nc(C(=O)O)c(O)c(=O)[nH]2)c2ccccc2)cc1. The number of nitrogens with zero attached hydrogens (tertiary/aromatic N) is 1. The normalized spacial score (nSPS) is 11.6. The van der Waals surface area contributed by atoms with Gasteiger partial charge in [0.1, 0.15) is 11.8 Å². The largest absolute Gasteiger partial charge is 0.501 e. The standard InChI is InChI=1S/C25H22N4O6S/c1-35-16-9-7-14(8-10-16)13-26-18(15-5-3-2-4-6-15)23(31)27-17-11-12-36-21(17)22-28-19(25(33)34)20(30)24(32)29-22/h2-12,18,26,30H,13H2,1H3,(H,27,31)(H,33,34)(H,28,29,32). The zero-order valence-corrected chi connectivity index (χ0v) is 19.8. The molecule has 0 aliphatic rings. The first kappa shape index (κ1) is 24.6. The minimum absolute atomic E-state index is 0.0806. The van der Waals surface area contributed by atoms with Gasteiger partial charge in [-0.15, -0.1) is 11.3 Å². The van der Waals surface area contributed by atoms with E-state index < -0.39 is 29.0 Å². The number of ether oxygens (including phenoxy) is 1. The number of H-pyrrole nitrogens is 1. The van der Waals surface area contributed by atoms with Crippen LogP contribution in [-0.2, 0) is 11.3 Å². The van der Waals surface area contributed by atoms with Crippen LogP contribution in [0.5, 0.6) is 11.5 Å². The van der Waals surface area contributed by atoms with E-state index in [-0.39, 0.29) is 11.7 Å². The minimum atomic E-state index is -1.55. The Bertz CT molecular complexity index is 1430. The fourth-order valence-corrected chi connectivity index (χ4v) is 4.28. The van der Waals surface area contributed by atoms with Gasteiger partial charge >= 0.3 is 5.97 Å². The van der Waals surface area contributed by atoms with E-state index in [1.54, 1.807) is 18.6 Å². The highest BCUT2D eigenvalue weighted by atomic mass is 32.1. The molecule has 4 rings (SSSR count). The van der Waals surface area contributed by atoms with Crippen molar-refractivity contribution in [1.82, 2.24) is 15.3 Å². The number of carboxylic acids is 1. The van der Waals surface area contributed by atoms with Crippen LogP contribution < -0.4 is 20.9 Å². The van der Waals surface area contributed by atoms with Crippen LogP contribution in [0.3, 0.4) is 0 Å². The second-order valence-corrected chi connectivity index (χ2v) is 8.56. The van der Waals surface area contributed by atoms with E-state index in [0.29, 0.717) is 17.1 Å². The minimum Gasteiger partial charge on any atom is -0.501 e.